The molecule has 0 saturated heterocycles. The van der Waals surface area contributed by atoms with Crippen LogP contribution in [0.5, 0.6) is 0 Å². The van der Waals surface area contributed by atoms with Gasteiger partial charge in [-0.25, -0.2) is 4.79 Å². The van der Waals surface area contributed by atoms with Gasteiger partial charge in [0.1, 0.15) is 0 Å². The zero-order chi connectivity index (χ0) is 7.49. The highest BCUT2D eigenvalue weighted by atomic mass is 35.5. The summed E-state index contributed by atoms with van der Waals surface area (Å²) in [5.74, 6) is 0. The Labute approximate surface area is 67.2 Å². The number of nitrogens with one attached hydrogen (secondary N) is 1. The van der Waals surface area contributed by atoms with Gasteiger partial charge in [-0.05, 0) is 5.41 Å². The quantitative estimate of drug-likeness (QED) is 0.625. The molecule has 0 heterocycles. The van der Waals surface area contributed by atoms with E-state index in [4.69, 9.17) is 5.11 Å². The summed E-state index contributed by atoms with van der Waals surface area (Å²) in [6.07, 6.45) is -0.954. The van der Waals surface area contributed by atoms with Gasteiger partial charge < -0.3 is 10.4 Å². The molecule has 0 aromatic carbocycles. The van der Waals surface area contributed by atoms with Crippen LogP contribution in [-0.2, 0) is 0 Å². The van der Waals surface area contributed by atoms with Gasteiger partial charge in [-0.1, -0.05) is 20.8 Å². The summed E-state index contributed by atoms with van der Waals surface area (Å²) < 4.78 is 0. The summed E-state index contributed by atoms with van der Waals surface area (Å²) >= 11 is 0. The number of carbonyl (C=O) groups is 1. The van der Waals surface area contributed by atoms with Crippen molar-refractivity contribution < 1.29 is 9.90 Å². The van der Waals surface area contributed by atoms with Crippen LogP contribution in [0.4, 0.5) is 4.79 Å². The van der Waals surface area contributed by atoms with E-state index in [9.17, 15) is 4.79 Å². The van der Waals surface area contributed by atoms with E-state index >= 15 is 0 Å². The summed E-state index contributed by atoms with van der Waals surface area (Å²) in [5, 5.41) is 10.5. The molecule has 0 fully saturated rings. The minimum absolute atomic E-state index is 0. The smallest absolute Gasteiger partial charge is 0.404 e. The third-order valence-corrected chi connectivity index (χ3v) is 0.770. The zero-order valence-electron chi connectivity index (χ0n) is 6.47. The maximum atomic E-state index is 9.93. The predicted octanol–water partition coefficient (Wildman–Crippen LogP) is 1.72. The zero-order valence-corrected chi connectivity index (χ0v) is 7.29. The number of carboxylic acid groups (broad SMARTS) is 1. The van der Waals surface area contributed by atoms with E-state index in [1.165, 1.54) is 0 Å². The maximum absolute atomic E-state index is 9.93. The highest BCUT2D eigenvalue weighted by Gasteiger charge is 2.10. The molecule has 0 rings (SSSR count). The SMILES string of the molecule is CC(C)(C)CNC(=O)O.Cl. The maximum Gasteiger partial charge on any atom is 0.404 e. The standard InChI is InChI=1S/C6H13NO2.ClH/c1-6(2,3)4-7-5(8)9;/h7H,4H2,1-3H3,(H,8,9);1H. The third-order valence-electron chi connectivity index (χ3n) is 0.770. The van der Waals surface area contributed by atoms with Gasteiger partial charge in [0.05, 0.1) is 0 Å². The fourth-order valence-electron chi connectivity index (χ4n) is 0.341. The van der Waals surface area contributed by atoms with Gasteiger partial charge in [0, 0.05) is 6.54 Å². The molecule has 1 amide bonds. The summed E-state index contributed by atoms with van der Waals surface area (Å²) in [6, 6.07) is 0. The fourth-order valence-corrected chi connectivity index (χ4v) is 0.341. The Balaban J connectivity index is 0. The molecule has 0 aromatic rings. The van der Waals surface area contributed by atoms with E-state index in [0.717, 1.165) is 0 Å². The van der Waals surface area contributed by atoms with E-state index in [1.54, 1.807) is 0 Å². The molecule has 0 aromatic heterocycles. The molecule has 0 saturated carbocycles. The average Bonchev–Trinajstić information content (AvgIpc) is 1.59. The second-order valence-electron chi connectivity index (χ2n) is 3.22. The van der Waals surface area contributed by atoms with Crippen LogP contribution >= 0.6 is 12.4 Å². The highest BCUT2D eigenvalue weighted by Crippen LogP contribution is 2.09. The second-order valence-corrected chi connectivity index (χ2v) is 3.22. The predicted molar refractivity (Wildman–Crippen MR) is 42.7 cm³/mol. The van der Waals surface area contributed by atoms with Crippen LogP contribution in [0.3, 0.4) is 0 Å². The third kappa shape index (κ3) is 10.5. The molecule has 62 valence electrons. The molecule has 4 heteroatoms. The van der Waals surface area contributed by atoms with E-state index in [1.807, 2.05) is 20.8 Å². The van der Waals surface area contributed by atoms with Gasteiger partial charge in [-0.2, -0.15) is 0 Å². The first-order valence-electron chi connectivity index (χ1n) is 2.88. The Kier molecular flexibility index (Phi) is 5.38. The lowest BCUT2D eigenvalue weighted by atomic mass is 9.97. The molecule has 0 aliphatic rings. The molecule has 0 atom stereocenters. The lowest BCUT2D eigenvalue weighted by Gasteiger charge is -2.16. The summed E-state index contributed by atoms with van der Waals surface area (Å²) in [5.41, 5.74) is 0.0401. The molecular weight excluding hydrogens is 154 g/mol. The first-order valence-corrected chi connectivity index (χ1v) is 2.88. The Morgan fingerprint density at radius 2 is 1.90 bits per heavy atom. The fraction of sp³-hybridized carbons (Fsp3) is 0.833. The molecule has 3 nitrogen and oxygen atoms in total. The van der Waals surface area contributed by atoms with Crippen LogP contribution in [0, 0.1) is 5.41 Å². The van der Waals surface area contributed by atoms with Crippen molar-refractivity contribution in [1.29, 1.82) is 0 Å². The number of halogens is 1. The highest BCUT2D eigenvalue weighted by molar-refractivity contribution is 5.85. The van der Waals surface area contributed by atoms with Crippen molar-refractivity contribution in [1.82, 2.24) is 5.32 Å². The lowest BCUT2D eigenvalue weighted by Crippen LogP contribution is -2.30. The molecule has 0 unspecified atom stereocenters. The minimum Gasteiger partial charge on any atom is -0.465 e. The molecule has 0 radical (unpaired) electrons. The normalized spacial score (nSPS) is 9.90. The topological polar surface area (TPSA) is 49.3 Å². The molecule has 0 aliphatic heterocycles. The van der Waals surface area contributed by atoms with Crippen LogP contribution < -0.4 is 5.32 Å². The summed E-state index contributed by atoms with van der Waals surface area (Å²) in [6.45, 7) is 6.43. The van der Waals surface area contributed by atoms with Crippen LogP contribution in [0.1, 0.15) is 20.8 Å². The molecule has 0 spiro atoms. The minimum atomic E-state index is -0.954. The Bertz CT molecular complexity index is 109. The van der Waals surface area contributed by atoms with E-state index in [2.05, 4.69) is 5.32 Å². The largest absolute Gasteiger partial charge is 0.465 e. The van der Waals surface area contributed by atoms with Crippen LogP contribution in [-0.4, -0.2) is 17.7 Å². The molecule has 0 aliphatic carbocycles. The second kappa shape index (κ2) is 4.39. The van der Waals surface area contributed by atoms with Gasteiger partial charge in [0.2, 0.25) is 0 Å². The van der Waals surface area contributed by atoms with Gasteiger partial charge in [-0.3, -0.25) is 0 Å². The van der Waals surface area contributed by atoms with E-state index < -0.39 is 6.09 Å². The Morgan fingerprint density at radius 1 is 1.50 bits per heavy atom. The van der Waals surface area contributed by atoms with Crippen molar-refractivity contribution in [3.63, 3.8) is 0 Å². The Morgan fingerprint density at radius 3 is 2.00 bits per heavy atom. The lowest BCUT2D eigenvalue weighted by molar-refractivity contribution is 0.189. The number of rotatable bonds is 1. The van der Waals surface area contributed by atoms with E-state index in [0.29, 0.717) is 6.54 Å². The van der Waals surface area contributed by atoms with Crippen molar-refractivity contribution in [2.75, 3.05) is 6.54 Å². The van der Waals surface area contributed by atoms with Crippen LogP contribution in [0.2, 0.25) is 0 Å². The monoisotopic (exact) mass is 167 g/mol. The molecule has 0 bridgehead atoms. The van der Waals surface area contributed by atoms with Crippen molar-refractivity contribution >= 4 is 18.5 Å². The van der Waals surface area contributed by atoms with E-state index in [-0.39, 0.29) is 17.8 Å². The summed E-state index contributed by atoms with van der Waals surface area (Å²) in [4.78, 5) is 9.93. The molecule has 2 N–H and O–H groups in total. The number of amides is 1. The van der Waals surface area contributed by atoms with Gasteiger partial charge in [-0.15, -0.1) is 12.4 Å². The number of hydrogen-bond donors (Lipinski definition) is 2. The Hall–Kier alpha value is -0.440. The first-order chi connectivity index (χ1) is 3.92. The van der Waals surface area contributed by atoms with Crippen molar-refractivity contribution in [3.8, 4) is 0 Å². The van der Waals surface area contributed by atoms with Crippen molar-refractivity contribution in [2.24, 2.45) is 5.41 Å². The van der Waals surface area contributed by atoms with Crippen LogP contribution in [0.25, 0.3) is 0 Å². The van der Waals surface area contributed by atoms with Gasteiger partial charge in [0.25, 0.3) is 0 Å². The molecular formula is C6H14ClNO2. The first kappa shape index (κ1) is 12.3. The van der Waals surface area contributed by atoms with Gasteiger partial charge in [0.15, 0.2) is 0 Å². The van der Waals surface area contributed by atoms with Gasteiger partial charge >= 0.3 is 6.09 Å². The van der Waals surface area contributed by atoms with Crippen LogP contribution in [0.15, 0.2) is 0 Å². The molecule has 10 heavy (non-hydrogen) atoms. The van der Waals surface area contributed by atoms with Crippen molar-refractivity contribution in [2.45, 2.75) is 20.8 Å². The summed E-state index contributed by atoms with van der Waals surface area (Å²) in [7, 11) is 0. The number of hydrogen-bond acceptors (Lipinski definition) is 1. The van der Waals surface area contributed by atoms with Crippen molar-refractivity contribution in [3.05, 3.63) is 0 Å². The average molecular weight is 168 g/mol.